The van der Waals surface area contributed by atoms with Gasteiger partial charge in [0.25, 0.3) is 0 Å². The quantitative estimate of drug-likeness (QED) is 0.761. The van der Waals surface area contributed by atoms with Crippen molar-refractivity contribution in [3.63, 3.8) is 0 Å². The highest BCUT2D eigenvalue weighted by atomic mass is 35.5. The Morgan fingerprint density at radius 2 is 2.00 bits per heavy atom. The van der Waals surface area contributed by atoms with E-state index in [4.69, 9.17) is 5.11 Å². The molecule has 0 aliphatic carbocycles. The smallest absolute Gasteiger partial charge is 0.126 e. The topological polar surface area (TPSA) is 41.8 Å². The largest absolute Gasteiger partial charge is 0.508 e. The Hall–Kier alpha value is -1.81. The number of aromatic hydroxyl groups is 1. The fraction of sp³-hybridized carbons (Fsp3) is 0. The maximum Gasteiger partial charge on any atom is 0.126 e. The number of nitrogens with zero attached hydrogens (tertiary/aromatic N) is 1. The van der Waals surface area contributed by atoms with Gasteiger partial charge in [0.1, 0.15) is 17.8 Å². The van der Waals surface area contributed by atoms with E-state index in [0.717, 1.165) is 6.07 Å². The van der Waals surface area contributed by atoms with E-state index in [1.54, 1.807) is 18.4 Å². The molecule has 2 rings (SSSR count). The molecule has 86 valence electrons. The van der Waals surface area contributed by atoms with Gasteiger partial charge in [0.2, 0.25) is 0 Å². The van der Waals surface area contributed by atoms with Crippen LogP contribution >= 0.6 is 12.4 Å². The number of phenols is 1. The molecule has 1 aliphatic rings. The van der Waals surface area contributed by atoms with Crippen molar-refractivity contribution in [1.29, 1.82) is 0 Å². The first-order chi connectivity index (χ1) is 7.29. The van der Waals surface area contributed by atoms with Gasteiger partial charge >= 0.3 is 0 Å². The number of hydrogen-bond donors (Lipinski definition) is 1. The maximum atomic E-state index is 12.0. The van der Waals surface area contributed by atoms with Crippen molar-refractivity contribution in [2.75, 3.05) is 0 Å². The van der Waals surface area contributed by atoms with Gasteiger partial charge < -0.3 is 9.94 Å². The molecular formula is C11H11ClFNO2. The van der Waals surface area contributed by atoms with Gasteiger partial charge in [0.05, 0.1) is 6.21 Å². The third-order valence-electron chi connectivity index (χ3n) is 1.38. The predicted molar refractivity (Wildman–Crippen MR) is 63.2 cm³/mol. The Kier molecular flexibility index (Phi) is 7.53. The molecular weight excluding hydrogens is 233 g/mol. The molecule has 1 aromatic rings. The second-order valence-corrected chi connectivity index (χ2v) is 2.55. The van der Waals surface area contributed by atoms with Crippen molar-refractivity contribution in [3.8, 4) is 5.75 Å². The SMILES string of the molecule is C1=CC=NOC=C1.Cl.Oc1cccc(F)c1. The Balaban J connectivity index is 0.000000267. The summed E-state index contributed by atoms with van der Waals surface area (Å²) >= 11 is 0. The van der Waals surface area contributed by atoms with Crippen LogP contribution in [0.5, 0.6) is 5.75 Å². The molecule has 0 radical (unpaired) electrons. The van der Waals surface area contributed by atoms with Crippen LogP contribution in [0.4, 0.5) is 4.39 Å². The molecule has 5 heteroatoms. The summed E-state index contributed by atoms with van der Waals surface area (Å²) in [6.45, 7) is 0. The Labute approximate surface area is 99.0 Å². The summed E-state index contributed by atoms with van der Waals surface area (Å²) in [6.07, 6.45) is 8.51. The van der Waals surface area contributed by atoms with Crippen LogP contribution in [0.25, 0.3) is 0 Å². The molecule has 0 saturated heterocycles. The third-order valence-corrected chi connectivity index (χ3v) is 1.38. The second kappa shape index (κ2) is 8.49. The maximum absolute atomic E-state index is 12.0. The van der Waals surface area contributed by atoms with Crippen molar-refractivity contribution in [2.45, 2.75) is 0 Å². The zero-order valence-corrected chi connectivity index (χ0v) is 9.10. The third kappa shape index (κ3) is 6.62. The molecule has 0 atom stereocenters. The number of allylic oxidation sites excluding steroid dienone is 3. The van der Waals surface area contributed by atoms with Crippen molar-refractivity contribution >= 4 is 18.6 Å². The average molecular weight is 244 g/mol. The van der Waals surface area contributed by atoms with Crippen molar-refractivity contribution < 1.29 is 14.3 Å². The highest BCUT2D eigenvalue weighted by Crippen LogP contribution is 2.07. The van der Waals surface area contributed by atoms with Gasteiger partial charge in [-0.2, -0.15) is 0 Å². The Morgan fingerprint density at radius 1 is 1.19 bits per heavy atom. The molecule has 0 bridgehead atoms. The first-order valence-corrected chi connectivity index (χ1v) is 4.24. The minimum atomic E-state index is -0.412. The molecule has 0 fully saturated rings. The lowest BCUT2D eigenvalue weighted by Gasteiger charge is -1.86. The van der Waals surface area contributed by atoms with Gasteiger partial charge in [-0.1, -0.05) is 17.3 Å². The fourth-order valence-corrected chi connectivity index (χ4v) is 0.776. The molecule has 0 unspecified atom stereocenters. The van der Waals surface area contributed by atoms with Gasteiger partial charge in [0.15, 0.2) is 0 Å². The van der Waals surface area contributed by atoms with E-state index in [0.29, 0.717) is 0 Å². The van der Waals surface area contributed by atoms with Crippen LogP contribution in [-0.2, 0) is 4.84 Å². The van der Waals surface area contributed by atoms with E-state index in [2.05, 4.69) is 9.99 Å². The van der Waals surface area contributed by atoms with Crippen molar-refractivity contribution in [3.05, 3.63) is 54.6 Å². The summed E-state index contributed by atoms with van der Waals surface area (Å²) in [6, 6.07) is 5.20. The lowest BCUT2D eigenvalue weighted by molar-refractivity contribution is 0.271. The Morgan fingerprint density at radius 3 is 2.62 bits per heavy atom. The summed E-state index contributed by atoms with van der Waals surface area (Å²) in [7, 11) is 0. The number of oxime groups is 1. The molecule has 0 saturated carbocycles. The molecule has 0 spiro atoms. The van der Waals surface area contributed by atoms with Crippen LogP contribution in [0, 0.1) is 5.82 Å². The van der Waals surface area contributed by atoms with E-state index in [9.17, 15) is 4.39 Å². The molecule has 16 heavy (non-hydrogen) atoms. The number of halogens is 2. The molecule has 1 aliphatic heterocycles. The number of benzene rings is 1. The minimum Gasteiger partial charge on any atom is -0.508 e. The number of phenolic OH excluding ortho intramolecular Hbond substituents is 1. The number of hydrogen-bond acceptors (Lipinski definition) is 3. The first-order valence-electron chi connectivity index (χ1n) is 4.24. The molecule has 0 amide bonds. The molecule has 0 aromatic heterocycles. The standard InChI is InChI=1S/C6H5FO.C5H5NO.ClH/c7-5-2-1-3-6(8)4-5;1-2-4-6-7-5-3-1;/h1-4,8H;1-5H;1H. The summed E-state index contributed by atoms with van der Waals surface area (Å²) in [5, 5.41) is 12.0. The van der Waals surface area contributed by atoms with Gasteiger partial charge in [0, 0.05) is 6.07 Å². The van der Waals surface area contributed by atoms with E-state index in [1.807, 2.05) is 6.08 Å². The van der Waals surface area contributed by atoms with E-state index >= 15 is 0 Å². The molecule has 1 N–H and O–H groups in total. The van der Waals surface area contributed by atoms with Gasteiger partial charge in [-0.3, -0.25) is 0 Å². The van der Waals surface area contributed by atoms with Crippen LogP contribution in [0.15, 0.2) is 53.9 Å². The average Bonchev–Trinajstić information content (AvgIpc) is 2.49. The van der Waals surface area contributed by atoms with E-state index < -0.39 is 5.82 Å². The first kappa shape index (κ1) is 14.2. The van der Waals surface area contributed by atoms with Gasteiger partial charge in [-0.25, -0.2) is 4.39 Å². The van der Waals surface area contributed by atoms with Crippen molar-refractivity contribution in [1.82, 2.24) is 0 Å². The monoisotopic (exact) mass is 243 g/mol. The van der Waals surface area contributed by atoms with Crippen molar-refractivity contribution in [2.24, 2.45) is 5.16 Å². The minimum absolute atomic E-state index is 0. The number of rotatable bonds is 0. The summed E-state index contributed by atoms with van der Waals surface area (Å²) in [4.78, 5) is 4.52. The van der Waals surface area contributed by atoms with E-state index in [1.165, 1.54) is 24.5 Å². The summed E-state index contributed by atoms with van der Waals surface area (Å²) < 4.78 is 12.0. The lowest BCUT2D eigenvalue weighted by Crippen LogP contribution is -1.68. The summed E-state index contributed by atoms with van der Waals surface area (Å²) in [5.74, 6) is -0.449. The summed E-state index contributed by atoms with van der Waals surface area (Å²) in [5.41, 5.74) is 0. The molecule has 1 heterocycles. The lowest BCUT2D eigenvalue weighted by atomic mass is 10.3. The highest BCUT2D eigenvalue weighted by molar-refractivity contribution is 5.85. The highest BCUT2D eigenvalue weighted by Gasteiger charge is 1.86. The van der Waals surface area contributed by atoms with Gasteiger partial charge in [-0.05, 0) is 24.3 Å². The zero-order valence-electron chi connectivity index (χ0n) is 8.29. The zero-order chi connectivity index (χ0) is 10.9. The Bertz CT molecular complexity index is 360. The van der Waals surface area contributed by atoms with Gasteiger partial charge in [-0.15, -0.1) is 12.4 Å². The van der Waals surface area contributed by atoms with Crippen LogP contribution in [-0.4, -0.2) is 11.3 Å². The van der Waals surface area contributed by atoms with Crippen LogP contribution < -0.4 is 0 Å². The van der Waals surface area contributed by atoms with E-state index in [-0.39, 0.29) is 18.2 Å². The normalized spacial score (nSPS) is 11.6. The fourth-order valence-electron chi connectivity index (χ4n) is 0.776. The molecule has 3 nitrogen and oxygen atoms in total. The van der Waals surface area contributed by atoms with Crippen LogP contribution in [0.1, 0.15) is 0 Å². The van der Waals surface area contributed by atoms with Crippen LogP contribution in [0.3, 0.4) is 0 Å². The predicted octanol–water partition coefficient (Wildman–Crippen LogP) is 3.03. The van der Waals surface area contributed by atoms with Crippen LogP contribution in [0.2, 0.25) is 0 Å². The second-order valence-electron chi connectivity index (χ2n) is 2.55. The molecule has 1 aromatic carbocycles.